The quantitative estimate of drug-likeness (QED) is 0.613. The summed E-state index contributed by atoms with van der Waals surface area (Å²) in [6, 6.07) is 11.4. The Labute approximate surface area is 177 Å². The van der Waals surface area contributed by atoms with E-state index in [1.165, 1.54) is 29.6 Å². The van der Waals surface area contributed by atoms with Crippen molar-refractivity contribution in [2.45, 2.75) is 38.3 Å². The van der Waals surface area contributed by atoms with E-state index in [-0.39, 0.29) is 30.4 Å². The van der Waals surface area contributed by atoms with Crippen LogP contribution in [0.25, 0.3) is 10.2 Å². The molecule has 8 heteroatoms. The summed E-state index contributed by atoms with van der Waals surface area (Å²) in [6.45, 7) is 2.69. The zero-order chi connectivity index (χ0) is 20.2. The SMILES string of the molecule is CC(=O)N[C@@H](CC(=O)N(C[C@H]1CCCO1)c1nc2ccccc2s1)c1cccs1. The number of thiazole rings is 1. The summed E-state index contributed by atoms with van der Waals surface area (Å²) in [7, 11) is 0. The van der Waals surface area contributed by atoms with E-state index in [1.54, 1.807) is 4.90 Å². The van der Waals surface area contributed by atoms with Crippen molar-refractivity contribution in [1.82, 2.24) is 10.3 Å². The third-order valence-electron chi connectivity index (χ3n) is 4.87. The Morgan fingerprint density at radius 3 is 2.86 bits per heavy atom. The second-order valence-corrected chi connectivity index (χ2v) is 9.06. The molecule has 1 aromatic carbocycles. The molecule has 3 aromatic rings. The van der Waals surface area contributed by atoms with Crippen LogP contribution < -0.4 is 10.2 Å². The zero-order valence-electron chi connectivity index (χ0n) is 16.2. The van der Waals surface area contributed by atoms with Crippen molar-refractivity contribution in [3.8, 4) is 0 Å². The Hall–Kier alpha value is -2.29. The maximum atomic E-state index is 13.4. The summed E-state index contributed by atoms with van der Waals surface area (Å²) in [4.78, 5) is 32.5. The Kier molecular flexibility index (Phi) is 6.22. The van der Waals surface area contributed by atoms with Gasteiger partial charge in [0, 0.05) is 18.4 Å². The lowest BCUT2D eigenvalue weighted by atomic mass is 10.1. The fourth-order valence-corrected chi connectivity index (χ4v) is 5.27. The first-order chi connectivity index (χ1) is 14.1. The molecule has 6 nitrogen and oxygen atoms in total. The van der Waals surface area contributed by atoms with E-state index in [4.69, 9.17) is 9.72 Å². The molecule has 1 fully saturated rings. The molecule has 4 rings (SSSR count). The van der Waals surface area contributed by atoms with E-state index < -0.39 is 0 Å². The normalized spacial score (nSPS) is 17.3. The molecule has 1 N–H and O–H groups in total. The fraction of sp³-hybridized carbons (Fsp3) is 0.381. The minimum absolute atomic E-state index is 0.0203. The molecule has 2 aromatic heterocycles. The van der Waals surface area contributed by atoms with Gasteiger partial charge in [0.05, 0.1) is 35.3 Å². The van der Waals surface area contributed by atoms with Crippen LogP contribution in [0.1, 0.15) is 37.1 Å². The zero-order valence-corrected chi connectivity index (χ0v) is 17.8. The van der Waals surface area contributed by atoms with E-state index in [1.807, 2.05) is 41.8 Å². The maximum absolute atomic E-state index is 13.4. The number of anilines is 1. The van der Waals surface area contributed by atoms with Crippen LogP contribution in [0.2, 0.25) is 0 Å². The number of fused-ring (bicyclic) bond motifs is 1. The number of para-hydroxylation sites is 1. The summed E-state index contributed by atoms with van der Waals surface area (Å²) >= 11 is 3.05. The monoisotopic (exact) mass is 429 g/mol. The standard InChI is InChI=1S/C21H23N3O3S2/c1-14(25)22-17(18-9-5-11-28-18)12-20(26)24(13-15-6-4-10-27-15)21-23-16-7-2-3-8-19(16)29-21/h2-3,5,7-9,11,15,17H,4,6,10,12-13H2,1H3,(H,22,25)/t15-,17+/m1/s1. The molecule has 3 heterocycles. The van der Waals surface area contributed by atoms with Crippen molar-refractivity contribution >= 4 is 49.8 Å². The molecule has 152 valence electrons. The second-order valence-electron chi connectivity index (χ2n) is 7.08. The Balaban J connectivity index is 1.60. The van der Waals surface area contributed by atoms with Crippen LogP contribution in [0.4, 0.5) is 5.13 Å². The highest BCUT2D eigenvalue weighted by Gasteiger charge is 2.28. The van der Waals surface area contributed by atoms with Crippen LogP contribution in [-0.4, -0.2) is 36.1 Å². The first kappa shape index (κ1) is 20.0. The number of nitrogens with zero attached hydrogens (tertiary/aromatic N) is 2. The lowest BCUT2D eigenvalue weighted by Crippen LogP contribution is -2.40. The van der Waals surface area contributed by atoms with Gasteiger partial charge in [-0.1, -0.05) is 29.5 Å². The highest BCUT2D eigenvalue weighted by molar-refractivity contribution is 7.22. The van der Waals surface area contributed by atoms with Crippen LogP contribution in [-0.2, 0) is 14.3 Å². The second kappa shape index (κ2) is 9.02. The number of hydrogen-bond acceptors (Lipinski definition) is 6. The Morgan fingerprint density at radius 1 is 1.31 bits per heavy atom. The van der Waals surface area contributed by atoms with Crippen LogP contribution in [0.5, 0.6) is 0 Å². The number of hydrogen-bond donors (Lipinski definition) is 1. The van der Waals surface area contributed by atoms with Crippen LogP contribution >= 0.6 is 22.7 Å². The number of aromatic nitrogens is 1. The van der Waals surface area contributed by atoms with Gasteiger partial charge in [-0.25, -0.2) is 4.98 Å². The van der Waals surface area contributed by atoms with Crippen molar-refractivity contribution in [1.29, 1.82) is 0 Å². The van der Waals surface area contributed by atoms with E-state index in [9.17, 15) is 9.59 Å². The topological polar surface area (TPSA) is 71.5 Å². The van der Waals surface area contributed by atoms with Crippen molar-refractivity contribution in [2.75, 3.05) is 18.1 Å². The van der Waals surface area contributed by atoms with Crippen molar-refractivity contribution < 1.29 is 14.3 Å². The molecule has 0 spiro atoms. The van der Waals surface area contributed by atoms with Gasteiger partial charge in [-0.05, 0) is 36.4 Å². The largest absolute Gasteiger partial charge is 0.376 e. The molecule has 29 heavy (non-hydrogen) atoms. The molecule has 0 unspecified atom stereocenters. The molecule has 0 bridgehead atoms. The van der Waals surface area contributed by atoms with Gasteiger partial charge in [-0.2, -0.15) is 0 Å². The van der Waals surface area contributed by atoms with Crippen LogP contribution in [0.15, 0.2) is 41.8 Å². The predicted octanol–water partition coefficient (Wildman–Crippen LogP) is 4.14. The number of amides is 2. The number of nitrogens with one attached hydrogen (secondary N) is 1. The summed E-state index contributed by atoms with van der Waals surface area (Å²) < 4.78 is 6.83. The van der Waals surface area contributed by atoms with Crippen molar-refractivity contribution in [3.05, 3.63) is 46.7 Å². The summed E-state index contributed by atoms with van der Waals surface area (Å²) in [5.41, 5.74) is 0.884. The van der Waals surface area contributed by atoms with Gasteiger partial charge in [-0.3, -0.25) is 14.5 Å². The third-order valence-corrected chi connectivity index (χ3v) is 6.91. The Bertz CT molecular complexity index is 947. The molecule has 1 saturated heterocycles. The number of benzene rings is 1. The molecular formula is C21H23N3O3S2. The lowest BCUT2D eigenvalue weighted by Gasteiger charge is -2.25. The molecular weight excluding hydrogens is 406 g/mol. The molecule has 0 saturated carbocycles. The van der Waals surface area contributed by atoms with E-state index in [0.29, 0.717) is 11.7 Å². The molecule has 0 aliphatic carbocycles. The molecule has 1 aliphatic heterocycles. The molecule has 2 amide bonds. The summed E-state index contributed by atoms with van der Waals surface area (Å²) in [5, 5.41) is 5.55. The van der Waals surface area contributed by atoms with E-state index in [0.717, 1.165) is 34.5 Å². The van der Waals surface area contributed by atoms with Crippen LogP contribution in [0.3, 0.4) is 0 Å². The minimum Gasteiger partial charge on any atom is -0.376 e. The summed E-state index contributed by atoms with van der Waals surface area (Å²) in [6.07, 6.45) is 2.15. The lowest BCUT2D eigenvalue weighted by molar-refractivity contribution is -0.121. The third kappa shape index (κ3) is 4.83. The number of ether oxygens (including phenoxy) is 1. The highest BCUT2D eigenvalue weighted by Crippen LogP contribution is 2.31. The smallest absolute Gasteiger partial charge is 0.231 e. The van der Waals surface area contributed by atoms with Gasteiger partial charge in [0.1, 0.15) is 0 Å². The molecule has 2 atom stereocenters. The maximum Gasteiger partial charge on any atom is 0.231 e. The first-order valence-corrected chi connectivity index (χ1v) is 11.4. The van der Waals surface area contributed by atoms with Crippen molar-refractivity contribution in [2.24, 2.45) is 0 Å². The minimum atomic E-state index is -0.346. The van der Waals surface area contributed by atoms with Crippen molar-refractivity contribution in [3.63, 3.8) is 0 Å². The first-order valence-electron chi connectivity index (χ1n) is 9.68. The van der Waals surface area contributed by atoms with Gasteiger partial charge >= 0.3 is 0 Å². The van der Waals surface area contributed by atoms with Crippen LogP contribution in [0, 0.1) is 0 Å². The van der Waals surface area contributed by atoms with Gasteiger partial charge in [-0.15, -0.1) is 11.3 Å². The van der Waals surface area contributed by atoms with E-state index >= 15 is 0 Å². The number of rotatable bonds is 7. The number of thiophene rings is 1. The number of carbonyl (C=O) groups is 2. The van der Waals surface area contributed by atoms with E-state index in [2.05, 4.69) is 5.32 Å². The number of carbonyl (C=O) groups excluding carboxylic acids is 2. The van der Waals surface area contributed by atoms with Gasteiger partial charge < -0.3 is 10.1 Å². The Morgan fingerprint density at radius 2 is 2.17 bits per heavy atom. The average molecular weight is 430 g/mol. The molecule has 1 aliphatic rings. The molecule has 0 radical (unpaired) electrons. The highest BCUT2D eigenvalue weighted by atomic mass is 32.1. The average Bonchev–Trinajstić information content (AvgIpc) is 3.46. The predicted molar refractivity (Wildman–Crippen MR) is 116 cm³/mol. The fourth-order valence-electron chi connectivity index (χ4n) is 3.50. The van der Waals surface area contributed by atoms with Gasteiger partial charge in [0.15, 0.2) is 5.13 Å². The van der Waals surface area contributed by atoms with Gasteiger partial charge in [0.2, 0.25) is 11.8 Å². The summed E-state index contributed by atoms with van der Waals surface area (Å²) in [5.74, 6) is -0.214. The van der Waals surface area contributed by atoms with Gasteiger partial charge in [0.25, 0.3) is 0 Å².